The third kappa shape index (κ3) is 9.08. The van der Waals surface area contributed by atoms with Crippen molar-refractivity contribution in [2.45, 2.75) is 34.1 Å². The number of benzene rings is 4. The van der Waals surface area contributed by atoms with Crippen molar-refractivity contribution in [1.29, 1.82) is 0 Å². The van der Waals surface area contributed by atoms with Gasteiger partial charge in [-0.05, 0) is 90.7 Å². The van der Waals surface area contributed by atoms with Crippen molar-refractivity contribution in [2.24, 2.45) is 0 Å². The Morgan fingerprint density at radius 1 is 1.00 bits per heavy atom. The fourth-order valence-electron chi connectivity index (χ4n) is 4.33. The van der Waals surface area contributed by atoms with Crippen molar-refractivity contribution in [3.05, 3.63) is 117 Å². The first-order chi connectivity index (χ1) is 21.6. The molecule has 0 fully saturated rings. The van der Waals surface area contributed by atoms with Crippen LogP contribution in [0.25, 0.3) is 10.2 Å². The molecule has 1 unspecified atom stereocenters. The van der Waals surface area contributed by atoms with E-state index in [1.165, 1.54) is 12.1 Å². The molecule has 0 aliphatic carbocycles. The van der Waals surface area contributed by atoms with Gasteiger partial charge >= 0.3 is 5.97 Å². The van der Waals surface area contributed by atoms with Gasteiger partial charge in [-0.2, -0.15) is 0 Å². The standard InChI is InChI=1S/C32H26BrClN2O6S3/c33-23-8-15-28-27(18-23)35-32(44-28)43-19-21-3-1-5-22(17-21)29(37)36-30(31(38)39)42-25-11-6-20(7-12-25)4-2-16-45(40,41)26-13-9-24(34)10-14-26/h1,3,5-15,17-18,30H,2,4,16,19H2,(H,36,37)(H,38,39). The Labute approximate surface area is 281 Å². The highest BCUT2D eigenvalue weighted by atomic mass is 79.9. The molecule has 5 rings (SSSR count). The number of aryl methyl sites for hydroxylation is 1. The first-order valence-corrected chi connectivity index (χ1v) is 18.2. The van der Waals surface area contributed by atoms with Crippen LogP contribution >= 0.6 is 50.6 Å². The van der Waals surface area contributed by atoms with E-state index in [0.717, 1.165) is 30.2 Å². The summed E-state index contributed by atoms with van der Waals surface area (Å²) in [6, 6.07) is 25.6. The van der Waals surface area contributed by atoms with Gasteiger partial charge in [-0.25, -0.2) is 18.2 Å². The van der Waals surface area contributed by atoms with Crippen LogP contribution in [0.3, 0.4) is 0 Å². The average Bonchev–Trinajstić information content (AvgIpc) is 3.43. The number of nitrogens with zero attached hydrogens (tertiary/aromatic N) is 1. The minimum Gasteiger partial charge on any atom is -0.477 e. The summed E-state index contributed by atoms with van der Waals surface area (Å²) in [6.45, 7) is 0. The number of halogens is 2. The molecule has 0 aliphatic rings. The summed E-state index contributed by atoms with van der Waals surface area (Å²) in [4.78, 5) is 29.8. The molecular weight excluding hydrogens is 720 g/mol. The number of nitrogens with one attached hydrogen (secondary N) is 1. The molecule has 1 aromatic heterocycles. The van der Waals surface area contributed by atoms with E-state index >= 15 is 0 Å². The lowest BCUT2D eigenvalue weighted by atomic mass is 10.1. The van der Waals surface area contributed by atoms with E-state index in [1.54, 1.807) is 77.7 Å². The third-order valence-corrected chi connectivity index (χ3v) is 11.4. The van der Waals surface area contributed by atoms with Crippen LogP contribution in [0.1, 0.15) is 27.9 Å². The van der Waals surface area contributed by atoms with Gasteiger partial charge in [0.15, 0.2) is 14.2 Å². The Bertz CT molecular complexity index is 1930. The Morgan fingerprint density at radius 3 is 2.49 bits per heavy atom. The van der Waals surface area contributed by atoms with Gasteiger partial charge in [0.05, 0.1) is 20.9 Å². The SMILES string of the molecule is O=C(NC(Oc1ccc(CCCS(=O)(=O)c2ccc(Cl)cc2)cc1)C(=O)O)c1cccc(CSc2nc3cc(Br)ccc3s2)c1. The molecule has 1 amide bonds. The molecule has 13 heteroatoms. The first kappa shape index (κ1) is 33.0. The number of carbonyl (C=O) groups excluding carboxylic acids is 1. The summed E-state index contributed by atoms with van der Waals surface area (Å²) in [7, 11) is -3.43. The van der Waals surface area contributed by atoms with Gasteiger partial charge < -0.3 is 15.2 Å². The maximum atomic E-state index is 13.0. The summed E-state index contributed by atoms with van der Waals surface area (Å²) in [6.07, 6.45) is -0.722. The molecular formula is C32H26BrClN2O6S3. The average molecular weight is 746 g/mol. The second-order valence-corrected chi connectivity index (χ2v) is 15.6. The molecule has 0 radical (unpaired) electrons. The van der Waals surface area contributed by atoms with Gasteiger partial charge in [0.2, 0.25) is 0 Å². The van der Waals surface area contributed by atoms with E-state index in [2.05, 4.69) is 26.2 Å². The molecule has 5 aromatic rings. The predicted octanol–water partition coefficient (Wildman–Crippen LogP) is 7.63. The number of fused-ring (bicyclic) bond motifs is 1. The van der Waals surface area contributed by atoms with Crippen molar-refractivity contribution in [3.63, 3.8) is 0 Å². The molecule has 4 aromatic carbocycles. The van der Waals surface area contributed by atoms with Crippen LogP contribution in [-0.2, 0) is 26.8 Å². The van der Waals surface area contributed by atoms with Crippen LogP contribution in [0.2, 0.25) is 5.02 Å². The second kappa shape index (κ2) is 14.8. The minimum absolute atomic E-state index is 0.0277. The maximum absolute atomic E-state index is 13.0. The van der Waals surface area contributed by atoms with Crippen LogP contribution < -0.4 is 10.1 Å². The van der Waals surface area contributed by atoms with Gasteiger partial charge in [-0.1, -0.05) is 63.6 Å². The number of amides is 1. The fourth-order valence-corrected chi connectivity index (χ4v) is 8.11. The Balaban J connectivity index is 1.14. The second-order valence-electron chi connectivity index (χ2n) is 9.91. The number of aliphatic carboxylic acids is 1. The highest BCUT2D eigenvalue weighted by Crippen LogP contribution is 2.33. The molecule has 8 nitrogen and oxygen atoms in total. The van der Waals surface area contributed by atoms with E-state index in [4.69, 9.17) is 16.3 Å². The number of ether oxygens (including phenoxy) is 1. The Kier molecular flexibility index (Phi) is 10.8. The smallest absolute Gasteiger partial charge is 0.366 e. The fraction of sp³-hybridized carbons (Fsp3) is 0.156. The first-order valence-electron chi connectivity index (χ1n) is 13.6. The number of rotatable bonds is 13. The number of carboxylic acid groups (broad SMARTS) is 1. The van der Waals surface area contributed by atoms with Crippen molar-refractivity contribution in [1.82, 2.24) is 10.3 Å². The molecule has 45 heavy (non-hydrogen) atoms. The zero-order valence-corrected chi connectivity index (χ0v) is 28.3. The predicted molar refractivity (Wildman–Crippen MR) is 181 cm³/mol. The normalized spacial score (nSPS) is 12.1. The summed E-state index contributed by atoms with van der Waals surface area (Å²) < 4.78 is 33.6. The summed E-state index contributed by atoms with van der Waals surface area (Å²) in [5.41, 5.74) is 2.97. The highest BCUT2D eigenvalue weighted by Gasteiger charge is 2.23. The van der Waals surface area contributed by atoms with Gasteiger partial charge in [0, 0.05) is 20.8 Å². The monoisotopic (exact) mass is 744 g/mol. The van der Waals surface area contributed by atoms with Crippen LogP contribution in [0, 0.1) is 0 Å². The summed E-state index contributed by atoms with van der Waals surface area (Å²) in [5, 5.41) is 12.6. The molecule has 2 N–H and O–H groups in total. The number of carbonyl (C=O) groups is 2. The zero-order chi connectivity index (χ0) is 32.0. The van der Waals surface area contributed by atoms with Crippen LogP contribution in [-0.4, -0.2) is 42.4 Å². The largest absolute Gasteiger partial charge is 0.477 e. The van der Waals surface area contributed by atoms with Crippen molar-refractivity contribution in [3.8, 4) is 5.75 Å². The lowest BCUT2D eigenvalue weighted by Crippen LogP contribution is -2.45. The Hall–Kier alpha value is -3.42. The number of carboxylic acids is 1. The van der Waals surface area contributed by atoms with Gasteiger partial charge in [0.25, 0.3) is 12.1 Å². The lowest BCUT2D eigenvalue weighted by molar-refractivity contribution is -0.146. The van der Waals surface area contributed by atoms with Gasteiger partial charge in [-0.15, -0.1) is 11.3 Å². The number of sulfone groups is 1. The zero-order valence-electron chi connectivity index (χ0n) is 23.5. The molecule has 1 atom stereocenters. The van der Waals surface area contributed by atoms with Gasteiger partial charge in [0.1, 0.15) is 5.75 Å². The lowest BCUT2D eigenvalue weighted by Gasteiger charge is -2.17. The maximum Gasteiger partial charge on any atom is 0.366 e. The number of aromatic nitrogens is 1. The van der Waals surface area contributed by atoms with E-state index in [-0.39, 0.29) is 16.4 Å². The molecule has 1 heterocycles. The van der Waals surface area contributed by atoms with Crippen LogP contribution in [0.4, 0.5) is 0 Å². The topological polar surface area (TPSA) is 123 Å². The van der Waals surface area contributed by atoms with Crippen LogP contribution in [0.15, 0.2) is 105 Å². The quantitative estimate of drug-likeness (QED) is 0.0933. The summed E-state index contributed by atoms with van der Waals surface area (Å²) in [5.74, 6) is -1.14. The molecule has 0 saturated carbocycles. The van der Waals surface area contributed by atoms with Crippen LogP contribution in [0.5, 0.6) is 5.75 Å². The molecule has 232 valence electrons. The van der Waals surface area contributed by atoms with Gasteiger partial charge in [-0.3, -0.25) is 4.79 Å². The molecule has 0 aliphatic heterocycles. The number of hydrogen-bond donors (Lipinski definition) is 2. The van der Waals surface area contributed by atoms with E-state index in [0.29, 0.717) is 29.2 Å². The third-order valence-electron chi connectivity index (χ3n) is 6.60. The molecule has 0 bridgehead atoms. The van der Waals surface area contributed by atoms with Crippen molar-refractivity contribution < 1.29 is 27.9 Å². The number of thioether (sulfide) groups is 1. The highest BCUT2D eigenvalue weighted by molar-refractivity contribution is 9.10. The van der Waals surface area contributed by atoms with Crippen molar-refractivity contribution in [2.75, 3.05) is 5.75 Å². The number of hydrogen-bond acceptors (Lipinski definition) is 8. The molecule has 0 saturated heterocycles. The van der Waals surface area contributed by atoms with E-state index in [9.17, 15) is 23.1 Å². The van der Waals surface area contributed by atoms with E-state index < -0.39 is 27.9 Å². The number of thiazole rings is 1. The van der Waals surface area contributed by atoms with E-state index in [1.807, 2.05) is 24.3 Å². The minimum atomic E-state index is -3.43. The molecule has 0 spiro atoms. The van der Waals surface area contributed by atoms with Crippen molar-refractivity contribution >= 4 is 82.6 Å². The summed E-state index contributed by atoms with van der Waals surface area (Å²) >= 11 is 12.5. The Morgan fingerprint density at radius 2 is 1.76 bits per heavy atom.